The number of rotatable bonds is 2. The molecule has 0 fully saturated rings. The molecule has 0 amide bonds. The molecule has 12 heavy (non-hydrogen) atoms. The maximum atomic E-state index is 13.0. The summed E-state index contributed by atoms with van der Waals surface area (Å²) < 4.78 is 25.6. The van der Waals surface area contributed by atoms with Crippen molar-refractivity contribution in [2.45, 2.75) is 6.54 Å². The van der Waals surface area contributed by atoms with E-state index in [-0.39, 0.29) is 0 Å². The minimum atomic E-state index is -0.783. The second-order valence-electron chi connectivity index (χ2n) is 2.95. The van der Waals surface area contributed by atoms with Crippen LogP contribution in [0.5, 0.6) is 0 Å². The molecule has 0 aliphatic heterocycles. The van der Waals surface area contributed by atoms with Gasteiger partial charge in [0.15, 0.2) is 11.6 Å². The molecule has 0 heterocycles. The maximum absolute atomic E-state index is 13.0. The van der Waals surface area contributed by atoms with Gasteiger partial charge in [0.05, 0.1) is 0 Å². The second-order valence-corrected chi connectivity index (χ2v) is 2.95. The minimum absolute atomic E-state index is 0.389. The van der Waals surface area contributed by atoms with E-state index in [0.29, 0.717) is 12.1 Å². The molecular formula is C9H11F2N. The summed E-state index contributed by atoms with van der Waals surface area (Å²) in [6, 6.07) is 4.21. The Morgan fingerprint density at radius 3 is 2.50 bits per heavy atom. The Balaban J connectivity index is 2.92. The lowest BCUT2D eigenvalue weighted by molar-refractivity contribution is 0.386. The minimum Gasteiger partial charge on any atom is -0.305 e. The van der Waals surface area contributed by atoms with Crippen molar-refractivity contribution in [2.24, 2.45) is 0 Å². The largest absolute Gasteiger partial charge is 0.305 e. The zero-order chi connectivity index (χ0) is 9.14. The smallest absolute Gasteiger partial charge is 0.163 e. The van der Waals surface area contributed by atoms with Gasteiger partial charge in [0, 0.05) is 12.1 Å². The highest BCUT2D eigenvalue weighted by Gasteiger charge is 2.07. The van der Waals surface area contributed by atoms with Crippen LogP contribution in [0.1, 0.15) is 5.56 Å². The Morgan fingerprint density at radius 2 is 1.92 bits per heavy atom. The molecule has 0 aromatic heterocycles. The predicted molar refractivity (Wildman–Crippen MR) is 43.7 cm³/mol. The fourth-order valence-corrected chi connectivity index (χ4v) is 1.01. The molecule has 0 aliphatic rings. The first kappa shape index (κ1) is 9.13. The predicted octanol–water partition coefficient (Wildman–Crippen LogP) is 2.03. The molecule has 0 atom stereocenters. The van der Waals surface area contributed by atoms with E-state index < -0.39 is 11.6 Å². The molecule has 1 rings (SSSR count). The lowest BCUT2D eigenvalue weighted by Gasteiger charge is -2.10. The highest BCUT2D eigenvalue weighted by molar-refractivity contribution is 5.18. The van der Waals surface area contributed by atoms with E-state index in [4.69, 9.17) is 0 Å². The molecule has 1 aromatic rings. The molecule has 3 heteroatoms. The average Bonchev–Trinajstić information content (AvgIpc) is 1.98. The summed E-state index contributed by atoms with van der Waals surface area (Å²) >= 11 is 0. The van der Waals surface area contributed by atoms with Gasteiger partial charge in [0.2, 0.25) is 0 Å². The number of benzene rings is 1. The van der Waals surface area contributed by atoms with Crippen molar-refractivity contribution in [2.75, 3.05) is 14.1 Å². The van der Waals surface area contributed by atoms with E-state index >= 15 is 0 Å². The highest BCUT2D eigenvalue weighted by Crippen LogP contribution is 2.12. The third kappa shape index (κ3) is 2.01. The summed E-state index contributed by atoms with van der Waals surface area (Å²) in [5.41, 5.74) is 0.389. The van der Waals surface area contributed by atoms with Gasteiger partial charge in [-0.25, -0.2) is 8.78 Å². The molecule has 0 bridgehead atoms. The first-order chi connectivity index (χ1) is 5.61. The Hall–Kier alpha value is -0.960. The van der Waals surface area contributed by atoms with Crippen LogP contribution in [0, 0.1) is 11.6 Å². The lowest BCUT2D eigenvalue weighted by atomic mass is 10.2. The van der Waals surface area contributed by atoms with Gasteiger partial charge in [0.25, 0.3) is 0 Å². The van der Waals surface area contributed by atoms with Crippen LogP contribution in [0.4, 0.5) is 8.78 Å². The number of nitrogens with zero attached hydrogens (tertiary/aromatic N) is 1. The van der Waals surface area contributed by atoms with E-state index in [9.17, 15) is 8.78 Å². The van der Waals surface area contributed by atoms with Crippen molar-refractivity contribution >= 4 is 0 Å². The molecule has 1 nitrogen and oxygen atoms in total. The number of hydrogen-bond donors (Lipinski definition) is 0. The van der Waals surface area contributed by atoms with Gasteiger partial charge in [0.1, 0.15) is 0 Å². The molecule has 0 unspecified atom stereocenters. The van der Waals surface area contributed by atoms with Crippen molar-refractivity contribution in [3.8, 4) is 0 Å². The SMILES string of the molecule is CN(C)Cc1cccc(F)c1F. The Morgan fingerprint density at radius 1 is 1.25 bits per heavy atom. The van der Waals surface area contributed by atoms with E-state index in [1.165, 1.54) is 6.07 Å². The van der Waals surface area contributed by atoms with Crippen molar-refractivity contribution in [1.82, 2.24) is 4.90 Å². The average molecular weight is 171 g/mol. The van der Waals surface area contributed by atoms with Gasteiger partial charge in [-0.3, -0.25) is 0 Å². The van der Waals surface area contributed by atoms with E-state index in [1.807, 2.05) is 14.1 Å². The van der Waals surface area contributed by atoms with E-state index in [1.54, 1.807) is 11.0 Å². The van der Waals surface area contributed by atoms with Gasteiger partial charge in [-0.15, -0.1) is 0 Å². The zero-order valence-electron chi connectivity index (χ0n) is 7.14. The van der Waals surface area contributed by atoms with Crippen molar-refractivity contribution in [3.05, 3.63) is 35.4 Å². The first-order valence-electron chi connectivity index (χ1n) is 3.69. The normalized spacial score (nSPS) is 10.8. The van der Waals surface area contributed by atoms with Crippen molar-refractivity contribution in [1.29, 1.82) is 0 Å². The summed E-state index contributed by atoms with van der Waals surface area (Å²) in [4.78, 5) is 1.79. The molecule has 0 saturated carbocycles. The number of halogens is 2. The quantitative estimate of drug-likeness (QED) is 0.658. The standard InChI is InChI=1S/C9H11F2N/c1-12(2)6-7-4-3-5-8(10)9(7)11/h3-5H,6H2,1-2H3. The monoisotopic (exact) mass is 171 g/mol. The molecule has 0 saturated heterocycles. The van der Waals surface area contributed by atoms with Crippen LogP contribution in [-0.4, -0.2) is 19.0 Å². The number of hydrogen-bond acceptors (Lipinski definition) is 1. The summed E-state index contributed by atoms with van der Waals surface area (Å²) in [5.74, 6) is -1.53. The van der Waals surface area contributed by atoms with Crippen LogP contribution in [-0.2, 0) is 6.54 Å². The zero-order valence-corrected chi connectivity index (χ0v) is 7.14. The fourth-order valence-electron chi connectivity index (χ4n) is 1.01. The molecule has 66 valence electrons. The molecule has 1 aromatic carbocycles. The Kier molecular flexibility index (Phi) is 2.76. The third-order valence-electron chi connectivity index (χ3n) is 1.52. The molecule has 0 radical (unpaired) electrons. The van der Waals surface area contributed by atoms with Crippen LogP contribution in [0.15, 0.2) is 18.2 Å². The van der Waals surface area contributed by atoms with Crippen LogP contribution < -0.4 is 0 Å². The third-order valence-corrected chi connectivity index (χ3v) is 1.52. The van der Waals surface area contributed by atoms with Gasteiger partial charge < -0.3 is 4.90 Å². The lowest BCUT2D eigenvalue weighted by Crippen LogP contribution is -2.12. The molecule has 0 spiro atoms. The first-order valence-corrected chi connectivity index (χ1v) is 3.69. The molecule has 0 aliphatic carbocycles. The second kappa shape index (κ2) is 3.63. The topological polar surface area (TPSA) is 3.24 Å². The van der Waals surface area contributed by atoms with Crippen molar-refractivity contribution in [3.63, 3.8) is 0 Å². The van der Waals surface area contributed by atoms with Gasteiger partial charge >= 0.3 is 0 Å². The van der Waals surface area contributed by atoms with Gasteiger partial charge in [-0.05, 0) is 20.2 Å². The Labute approximate surface area is 70.6 Å². The van der Waals surface area contributed by atoms with Crippen LogP contribution in [0.25, 0.3) is 0 Å². The maximum Gasteiger partial charge on any atom is 0.163 e. The van der Waals surface area contributed by atoms with E-state index in [2.05, 4.69) is 0 Å². The van der Waals surface area contributed by atoms with Crippen molar-refractivity contribution < 1.29 is 8.78 Å². The summed E-state index contributed by atoms with van der Waals surface area (Å²) in [6.45, 7) is 0.420. The molecule has 0 N–H and O–H groups in total. The van der Waals surface area contributed by atoms with Gasteiger partial charge in [-0.2, -0.15) is 0 Å². The Bertz CT molecular complexity index is 271. The van der Waals surface area contributed by atoms with Crippen LogP contribution in [0.2, 0.25) is 0 Å². The molecular weight excluding hydrogens is 160 g/mol. The van der Waals surface area contributed by atoms with Gasteiger partial charge in [-0.1, -0.05) is 12.1 Å². The van der Waals surface area contributed by atoms with Crippen LogP contribution >= 0.6 is 0 Å². The van der Waals surface area contributed by atoms with Crippen LogP contribution in [0.3, 0.4) is 0 Å². The van der Waals surface area contributed by atoms with E-state index in [0.717, 1.165) is 6.07 Å². The fraction of sp³-hybridized carbons (Fsp3) is 0.333. The summed E-state index contributed by atoms with van der Waals surface area (Å²) in [5, 5.41) is 0. The summed E-state index contributed by atoms with van der Waals surface area (Å²) in [6.07, 6.45) is 0. The summed E-state index contributed by atoms with van der Waals surface area (Å²) in [7, 11) is 3.62. The highest BCUT2D eigenvalue weighted by atomic mass is 19.2.